The van der Waals surface area contributed by atoms with Crippen LogP contribution in [-0.2, 0) is 13.1 Å². The van der Waals surface area contributed by atoms with Gasteiger partial charge in [0.15, 0.2) is 11.5 Å². The number of benzene rings is 2. The van der Waals surface area contributed by atoms with Gasteiger partial charge in [0.1, 0.15) is 0 Å². The summed E-state index contributed by atoms with van der Waals surface area (Å²) in [5.74, 6) is 1.43. The largest absolute Gasteiger partial charge is 0.493 e. The minimum Gasteiger partial charge on any atom is -0.493 e. The Morgan fingerprint density at radius 3 is 2.43 bits per heavy atom. The molecule has 2 aromatic carbocycles. The minimum absolute atomic E-state index is 0.711. The SMILES string of the molecule is COc1cc(Br)c(CNCc2cccc(Cl)c2)cc1OC. The lowest BCUT2D eigenvalue weighted by atomic mass is 10.2. The van der Waals surface area contributed by atoms with E-state index in [1.54, 1.807) is 14.2 Å². The van der Waals surface area contributed by atoms with Crippen molar-refractivity contribution in [3.05, 3.63) is 57.0 Å². The Kier molecular flexibility index (Phi) is 5.91. The van der Waals surface area contributed by atoms with Gasteiger partial charge in [-0.2, -0.15) is 0 Å². The van der Waals surface area contributed by atoms with Crippen LogP contribution in [0.3, 0.4) is 0 Å². The van der Waals surface area contributed by atoms with Crippen LogP contribution >= 0.6 is 27.5 Å². The molecule has 5 heteroatoms. The number of rotatable bonds is 6. The molecular weight excluding hydrogens is 354 g/mol. The third-order valence-electron chi connectivity index (χ3n) is 3.09. The van der Waals surface area contributed by atoms with Crippen molar-refractivity contribution >= 4 is 27.5 Å². The van der Waals surface area contributed by atoms with Crippen molar-refractivity contribution in [3.8, 4) is 11.5 Å². The average molecular weight is 371 g/mol. The fraction of sp³-hybridized carbons (Fsp3) is 0.250. The summed E-state index contributed by atoms with van der Waals surface area (Å²) in [6.07, 6.45) is 0. The zero-order chi connectivity index (χ0) is 15.2. The molecule has 0 heterocycles. The van der Waals surface area contributed by atoms with Crippen LogP contribution in [0, 0.1) is 0 Å². The van der Waals surface area contributed by atoms with E-state index in [0.29, 0.717) is 12.3 Å². The van der Waals surface area contributed by atoms with E-state index in [-0.39, 0.29) is 0 Å². The number of halogens is 2. The molecule has 0 spiro atoms. The highest BCUT2D eigenvalue weighted by Crippen LogP contribution is 2.33. The van der Waals surface area contributed by atoms with E-state index in [0.717, 1.165) is 32.9 Å². The summed E-state index contributed by atoms with van der Waals surface area (Å²) in [6.45, 7) is 1.47. The lowest BCUT2D eigenvalue weighted by Gasteiger charge is -2.12. The van der Waals surface area contributed by atoms with Gasteiger partial charge in [-0.1, -0.05) is 39.7 Å². The van der Waals surface area contributed by atoms with Gasteiger partial charge in [0.25, 0.3) is 0 Å². The molecule has 0 saturated carbocycles. The summed E-state index contributed by atoms with van der Waals surface area (Å²) < 4.78 is 11.6. The van der Waals surface area contributed by atoms with Gasteiger partial charge in [0.2, 0.25) is 0 Å². The second-order valence-corrected chi connectivity index (χ2v) is 5.82. The average Bonchev–Trinajstić information content (AvgIpc) is 2.48. The Labute approximate surface area is 138 Å². The first-order valence-electron chi connectivity index (χ1n) is 6.49. The van der Waals surface area contributed by atoms with Gasteiger partial charge in [0.05, 0.1) is 14.2 Å². The topological polar surface area (TPSA) is 30.5 Å². The molecule has 0 bridgehead atoms. The Bertz CT molecular complexity index is 619. The van der Waals surface area contributed by atoms with E-state index in [2.05, 4.69) is 21.2 Å². The molecule has 0 aromatic heterocycles. The second-order valence-electron chi connectivity index (χ2n) is 4.53. The quantitative estimate of drug-likeness (QED) is 0.817. The molecule has 0 unspecified atom stereocenters. The van der Waals surface area contributed by atoms with Crippen LogP contribution < -0.4 is 14.8 Å². The van der Waals surface area contributed by atoms with Crippen molar-refractivity contribution in [3.63, 3.8) is 0 Å². The number of hydrogen-bond donors (Lipinski definition) is 1. The number of hydrogen-bond acceptors (Lipinski definition) is 3. The molecule has 0 aliphatic rings. The van der Waals surface area contributed by atoms with Gasteiger partial charge < -0.3 is 14.8 Å². The monoisotopic (exact) mass is 369 g/mol. The molecule has 1 N–H and O–H groups in total. The fourth-order valence-corrected chi connectivity index (χ4v) is 2.70. The molecule has 0 fully saturated rings. The second kappa shape index (κ2) is 7.69. The maximum Gasteiger partial charge on any atom is 0.161 e. The molecule has 2 rings (SSSR count). The van der Waals surface area contributed by atoms with Gasteiger partial charge in [-0.15, -0.1) is 0 Å². The molecule has 0 saturated heterocycles. The molecule has 0 amide bonds. The standard InChI is InChI=1S/C16H17BrClNO2/c1-20-15-7-12(14(17)8-16(15)21-2)10-19-9-11-4-3-5-13(18)6-11/h3-8,19H,9-10H2,1-2H3. The summed E-state index contributed by atoms with van der Waals surface area (Å²) in [4.78, 5) is 0. The summed E-state index contributed by atoms with van der Waals surface area (Å²) >= 11 is 9.53. The van der Waals surface area contributed by atoms with Crippen LogP contribution in [0.4, 0.5) is 0 Å². The Morgan fingerprint density at radius 2 is 1.76 bits per heavy atom. The van der Waals surface area contributed by atoms with E-state index in [9.17, 15) is 0 Å². The van der Waals surface area contributed by atoms with Gasteiger partial charge >= 0.3 is 0 Å². The van der Waals surface area contributed by atoms with Crippen molar-refractivity contribution < 1.29 is 9.47 Å². The van der Waals surface area contributed by atoms with Gasteiger partial charge in [-0.25, -0.2) is 0 Å². The highest BCUT2D eigenvalue weighted by Gasteiger charge is 2.09. The summed E-state index contributed by atoms with van der Waals surface area (Å²) in [5, 5.41) is 4.14. The predicted octanol–water partition coefficient (Wildman–Crippen LogP) is 4.41. The maximum atomic E-state index is 5.97. The first-order valence-corrected chi connectivity index (χ1v) is 7.66. The van der Waals surface area contributed by atoms with Gasteiger partial charge in [-0.05, 0) is 35.4 Å². The van der Waals surface area contributed by atoms with Crippen LogP contribution in [0.1, 0.15) is 11.1 Å². The van der Waals surface area contributed by atoms with Crippen molar-refractivity contribution in [2.75, 3.05) is 14.2 Å². The minimum atomic E-state index is 0.711. The summed E-state index contributed by atoms with van der Waals surface area (Å²) in [7, 11) is 3.26. The summed E-state index contributed by atoms with van der Waals surface area (Å²) in [5.41, 5.74) is 2.26. The van der Waals surface area contributed by atoms with Crippen molar-refractivity contribution in [1.82, 2.24) is 5.32 Å². The highest BCUT2D eigenvalue weighted by atomic mass is 79.9. The lowest BCUT2D eigenvalue weighted by molar-refractivity contribution is 0.354. The normalized spacial score (nSPS) is 10.5. The van der Waals surface area contributed by atoms with Crippen LogP contribution in [-0.4, -0.2) is 14.2 Å². The third-order valence-corrected chi connectivity index (χ3v) is 4.06. The molecule has 0 aliphatic heterocycles. The van der Waals surface area contributed by atoms with E-state index < -0.39 is 0 Å². The van der Waals surface area contributed by atoms with Crippen LogP contribution in [0.25, 0.3) is 0 Å². The molecule has 112 valence electrons. The Hall–Kier alpha value is -1.23. The zero-order valence-electron chi connectivity index (χ0n) is 12.0. The maximum absolute atomic E-state index is 5.97. The van der Waals surface area contributed by atoms with E-state index >= 15 is 0 Å². The Balaban J connectivity index is 2.03. The molecule has 0 atom stereocenters. The van der Waals surface area contributed by atoms with Gasteiger partial charge in [0, 0.05) is 22.6 Å². The fourth-order valence-electron chi connectivity index (χ4n) is 2.02. The predicted molar refractivity (Wildman–Crippen MR) is 89.2 cm³/mol. The van der Waals surface area contributed by atoms with Crippen LogP contribution in [0.15, 0.2) is 40.9 Å². The lowest BCUT2D eigenvalue weighted by Crippen LogP contribution is -2.13. The Morgan fingerprint density at radius 1 is 1.05 bits per heavy atom. The van der Waals surface area contributed by atoms with Crippen molar-refractivity contribution in [2.24, 2.45) is 0 Å². The van der Waals surface area contributed by atoms with E-state index in [4.69, 9.17) is 21.1 Å². The molecule has 0 radical (unpaired) electrons. The number of nitrogens with one attached hydrogen (secondary N) is 1. The number of methoxy groups -OCH3 is 2. The smallest absolute Gasteiger partial charge is 0.161 e. The highest BCUT2D eigenvalue weighted by molar-refractivity contribution is 9.10. The molecule has 21 heavy (non-hydrogen) atoms. The van der Waals surface area contributed by atoms with E-state index in [1.807, 2.05) is 36.4 Å². The van der Waals surface area contributed by atoms with Crippen LogP contribution in [0.2, 0.25) is 5.02 Å². The first kappa shape index (κ1) is 16.1. The third kappa shape index (κ3) is 4.37. The van der Waals surface area contributed by atoms with Crippen LogP contribution in [0.5, 0.6) is 11.5 Å². The molecule has 2 aromatic rings. The zero-order valence-corrected chi connectivity index (χ0v) is 14.3. The van der Waals surface area contributed by atoms with Gasteiger partial charge in [-0.3, -0.25) is 0 Å². The molecular formula is C16H17BrClNO2. The molecule has 3 nitrogen and oxygen atoms in total. The van der Waals surface area contributed by atoms with Crippen molar-refractivity contribution in [2.45, 2.75) is 13.1 Å². The summed E-state index contributed by atoms with van der Waals surface area (Å²) in [6, 6.07) is 11.7. The van der Waals surface area contributed by atoms with Crippen molar-refractivity contribution in [1.29, 1.82) is 0 Å². The van der Waals surface area contributed by atoms with E-state index in [1.165, 1.54) is 0 Å². The molecule has 0 aliphatic carbocycles. The number of ether oxygens (including phenoxy) is 2. The first-order chi connectivity index (χ1) is 10.1.